The van der Waals surface area contributed by atoms with Gasteiger partial charge in [0.1, 0.15) is 30.2 Å². The first-order chi connectivity index (χ1) is 16.0. The third kappa shape index (κ3) is 3.92. The van der Waals surface area contributed by atoms with Crippen LogP contribution in [0, 0.1) is 5.82 Å². The Morgan fingerprint density at radius 1 is 1.32 bits per heavy atom. The number of Topliss-reactive ketones (excluding diaryl/α,β-unsaturated/α-hetero) is 1. The zero-order chi connectivity index (χ0) is 26.0. The molecule has 2 N–H and O–H groups in total. The van der Waals surface area contributed by atoms with Gasteiger partial charge >= 0.3 is 0 Å². The Bertz CT molecular complexity index is 1370. The molecule has 0 amide bonds. The number of carbonyl (C=O) groups is 1. The van der Waals surface area contributed by atoms with Crippen LogP contribution in [0.15, 0.2) is 35.5 Å². The molecule has 0 saturated carbocycles. The second-order valence-electron chi connectivity index (χ2n) is 7.31. The summed E-state index contributed by atoms with van der Waals surface area (Å²) in [6.07, 6.45) is 0.795. The predicted octanol–water partition coefficient (Wildman–Crippen LogP) is 1.22. The first-order valence-electron chi connectivity index (χ1n) is 11.1. The molecule has 0 radical (unpaired) electrons. The van der Waals surface area contributed by atoms with Crippen molar-refractivity contribution < 1.29 is 32.6 Å². The molecule has 4 rings (SSSR count). The molecule has 0 unspecified atom stereocenters. The lowest BCUT2D eigenvalue weighted by atomic mass is 9.91. The average Bonchev–Trinajstić information content (AvgIpc) is 2.73. The average molecular weight is 453 g/mol. The molecule has 164 valence electrons. The molecule has 0 spiro atoms. The molecule has 0 fully saturated rings. The molecule has 2 aliphatic rings. The van der Waals surface area contributed by atoms with E-state index in [2.05, 4.69) is 9.98 Å². The molecule has 0 aliphatic carbocycles. The zero-order valence-corrected chi connectivity index (χ0v) is 17.4. The molecule has 1 aromatic carbocycles. The Balaban J connectivity index is 1.62. The maximum Gasteiger partial charge on any atom is 0.239 e. The SMILES string of the molecule is [2H]C1([2H])Oc2cnc(C(=O)Cc3ccc(F)c([C@]4(C)CS(=O)(=O)N(C)C(N)=N4)c3)cc2OC1([2H])[2H]. The molecule has 0 bridgehead atoms. The largest absolute Gasteiger partial charge is 0.486 e. The first kappa shape index (κ1) is 16.5. The Morgan fingerprint density at radius 3 is 2.74 bits per heavy atom. The second-order valence-corrected chi connectivity index (χ2v) is 9.31. The van der Waals surface area contributed by atoms with E-state index in [4.69, 9.17) is 20.7 Å². The number of nitrogens with two attached hydrogens (primary N) is 1. The summed E-state index contributed by atoms with van der Waals surface area (Å²) < 4.78 is 81.0. The number of aromatic nitrogens is 1. The topological polar surface area (TPSA) is 124 Å². The summed E-state index contributed by atoms with van der Waals surface area (Å²) in [5.74, 6) is -2.43. The fourth-order valence-electron chi connectivity index (χ4n) is 3.34. The lowest BCUT2D eigenvalue weighted by Crippen LogP contribution is -2.50. The summed E-state index contributed by atoms with van der Waals surface area (Å²) in [7, 11) is -2.59. The minimum absolute atomic E-state index is 0.0482. The number of benzene rings is 1. The number of guanidine groups is 1. The fraction of sp³-hybridized carbons (Fsp3) is 0.350. The van der Waals surface area contributed by atoms with E-state index in [1.54, 1.807) is 0 Å². The van der Waals surface area contributed by atoms with E-state index in [-0.39, 0.29) is 35.1 Å². The highest BCUT2D eigenvalue weighted by molar-refractivity contribution is 7.89. The van der Waals surface area contributed by atoms with Crippen LogP contribution in [0.1, 0.15) is 34.0 Å². The molecule has 9 nitrogen and oxygen atoms in total. The van der Waals surface area contributed by atoms with Crippen molar-refractivity contribution in [2.45, 2.75) is 18.9 Å². The van der Waals surface area contributed by atoms with Crippen molar-refractivity contribution in [3.8, 4) is 11.5 Å². The van der Waals surface area contributed by atoms with Crippen molar-refractivity contribution in [2.24, 2.45) is 10.7 Å². The number of pyridine rings is 1. The lowest BCUT2D eigenvalue weighted by Gasteiger charge is -2.34. The predicted molar refractivity (Wildman–Crippen MR) is 110 cm³/mol. The summed E-state index contributed by atoms with van der Waals surface area (Å²) in [4.78, 5) is 21.0. The fourth-order valence-corrected chi connectivity index (χ4v) is 4.79. The number of fused-ring (bicyclic) bond motifs is 1. The molecule has 1 atom stereocenters. The van der Waals surface area contributed by atoms with Gasteiger partial charge in [0.15, 0.2) is 17.3 Å². The highest BCUT2D eigenvalue weighted by Crippen LogP contribution is 2.34. The van der Waals surface area contributed by atoms with Crippen molar-refractivity contribution in [3.05, 3.63) is 53.1 Å². The van der Waals surface area contributed by atoms with Gasteiger partial charge in [0.2, 0.25) is 16.0 Å². The number of rotatable bonds is 4. The standard InChI is InChI=1S/C20H21FN4O5S/c1-20(11-31(27,28)25(2)19(22)24-20)13-7-12(3-4-14(13)21)8-16(26)15-9-17-18(10-23-15)30-6-5-29-17/h3-4,7,9-10H,5-6,8,11H2,1-2H3,(H2,22,24)/t20-/m0/s1/i5D2,6D2. The second kappa shape index (κ2) is 7.49. The third-order valence-corrected chi connectivity index (χ3v) is 6.97. The number of ether oxygens (including phenoxy) is 2. The van der Waals surface area contributed by atoms with Gasteiger partial charge in [0.25, 0.3) is 0 Å². The number of hydrogen-bond donors (Lipinski definition) is 1. The van der Waals surface area contributed by atoms with Gasteiger partial charge in [-0.3, -0.25) is 4.79 Å². The van der Waals surface area contributed by atoms with Crippen LogP contribution in [-0.2, 0) is 22.0 Å². The Morgan fingerprint density at radius 2 is 2.03 bits per heavy atom. The zero-order valence-electron chi connectivity index (χ0n) is 20.5. The molecule has 2 aromatic rings. The smallest absolute Gasteiger partial charge is 0.239 e. The van der Waals surface area contributed by atoms with Crippen LogP contribution in [-0.4, -0.2) is 55.4 Å². The van der Waals surface area contributed by atoms with Gasteiger partial charge in [-0.25, -0.2) is 27.1 Å². The molecule has 2 aliphatic heterocycles. The minimum Gasteiger partial charge on any atom is -0.486 e. The third-order valence-electron chi connectivity index (χ3n) is 5.02. The lowest BCUT2D eigenvalue weighted by molar-refractivity contribution is 0.0986. The summed E-state index contributed by atoms with van der Waals surface area (Å²) >= 11 is 0. The van der Waals surface area contributed by atoms with Gasteiger partial charge in [0.05, 0.1) is 17.4 Å². The molecule has 3 heterocycles. The molecule has 11 heteroatoms. The van der Waals surface area contributed by atoms with Crippen LogP contribution in [0.4, 0.5) is 4.39 Å². The van der Waals surface area contributed by atoms with E-state index in [1.807, 2.05) is 0 Å². The quantitative estimate of drug-likeness (QED) is 0.692. The van der Waals surface area contributed by atoms with Crippen molar-refractivity contribution in [1.82, 2.24) is 9.29 Å². The van der Waals surface area contributed by atoms with Gasteiger partial charge in [-0.15, -0.1) is 0 Å². The van der Waals surface area contributed by atoms with Crippen molar-refractivity contribution in [1.29, 1.82) is 0 Å². The number of nitrogens with zero attached hydrogens (tertiary/aromatic N) is 3. The Labute approximate surface area is 184 Å². The maximum atomic E-state index is 14.7. The monoisotopic (exact) mass is 452 g/mol. The number of sulfonamides is 1. The first-order valence-corrected chi connectivity index (χ1v) is 10.7. The molecule has 0 saturated heterocycles. The van der Waals surface area contributed by atoms with E-state index in [0.717, 1.165) is 22.6 Å². The molecule has 31 heavy (non-hydrogen) atoms. The van der Waals surface area contributed by atoms with Gasteiger partial charge in [-0.1, -0.05) is 6.07 Å². The van der Waals surface area contributed by atoms with Gasteiger partial charge in [-0.05, 0) is 24.6 Å². The molecular formula is C20H21FN4O5S. The highest BCUT2D eigenvalue weighted by Gasteiger charge is 2.41. The van der Waals surface area contributed by atoms with Crippen LogP contribution in [0.5, 0.6) is 11.5 Å². The number of hydrogen-bond acceptors (Lipinski definition) is 8. The van der Waals surface area contributed by atoms with Gasteiger partial charge in [0, 0.05) is 25.1 Å². The van der Waals surface area contributed by atoms with E-state index in [0.29, 0.717) is 5.56 Å². The van der Waals surface area contributed by atoms with Crippen LogP contribution >= 0.6 is 0 Å². The summed E-state index contributed by atoms with van der Waals surface area (Å²) in [6.45, 7) is -4.13. The molecular weight excluding hydrogens is 427 g/mol. The Hall–Kier alpha value is -3.21. The maximum absolute atomic E-state index is 14.7. The van der Waals surface area contributed by atoms with Crippen LogP contribution in [0.3, 0.4) is 0 Å². The Kier molecular flexibility index (Phi) is 3.98. The van der Waals surface area contributed by atoms with Crippen LogP contribution in [0.25, 0.3) is 0 Å². The van der Waals surface area contributed by atoms with E-state index in [9.17, 15) is 17.6 Å². The summed E-state index contributed by atoms with van der Waals surface area (Å²) in [6, 6.07) is 4.94. The minimum atomic E-state index is -3.84. The van der Waals surface area contributed by atoms with Crippen molar-refractivity contribution in [2.75, 3.05) is 25.9 Å². The number of halogens is 1. The number of carbonyl (C=O) groups excluding carboxylic acids is 1. The van der Waals surface area contributed by atoms with E-state index < -0.39 is 46.0 Å². The normalized spacial score (nSPS) is 27.2. The van der Waals surface area contributed by atoms with Crippen LogP contribution in [0.2, 0.25) is 0 Å². The van der Waals surface area contributed by atoms with Crippen LogP contribution < -0.4 is 15.2 Å². The molecule has 1 aromatic heterocycles. The number of aliphatic imine (C=N–C) groups is 1. The van der Waals surface area contributed by atoms with Gasteiger partial charge < -0.3 is 15.2 Å². The van der Waals surface area contributed by atoms with E-state index in [1.165, 1.54) is 26.1 Å². The summed E-state index contributed by atoms with van der Waals surface area (Å²) in [5, 5.41) is 0. The van der Waals surface area contributed by atoms with Gasteiger partial charge in [-0.2, -0.15) is 0 Å². The summed E-state index contributed by atoms with van der Waals surface area (Å²) in [5.41, 5.74) is 4.41. The number of ketones is 1. The van der Waals surface area contributed by atoms with Crippen molar-refractivity contribution >= 4 is 21.8 Å². The highest BCUT2D eigenvalue weighted by atomic mass is 32.2. The van der Waals surface area contributed by atoms with E-state index >= 15 is 0 Å². The van der Waals surface area contributed by atoms with Crippen molar-refractivity contribution in [3.63, 3.8) is 0 Å².